The van der Waals surface area contributed by atoms with Gasteiger partial charge in [0.1, 0.15) is 6.07 Å². The molecular formula is C26H38N4O3. The van der Waals surface area contributed by atoms with E-state index in [2.05, 4.69) is 50.0 Å². The topological polar surface area (TPSA) is 77.8 Å². The van der Waals surface area contributed by atoms with Crippen LogP contribution >= 0.6 is 0 Å². The monoisotopic (exact) mass is 454 g/mol. The molecule has 1 saturated carbocycles. The normalized spacial score (nSPS) is 22.2. The van der Waals surface area contributed by atoms with Crippen molar-refractivity contribution < 1.29 is 14.3 Å². The summed E-state index contributed by atoms with van der Waals surface area (Å²) in [5.41, 5.74) is 5.36. The van der Waals surface area contributed by atoms with E-state index in [4.69, 9.17) is 9.47 Å². The van der Waals surface area contributed by atoms with E-state index in [9.17, 15) is 10.1 Å². The Morgan fingerprint density at radius 2 is 2.09 bits per heavy atom. The van der Waals surface area contributed by atoms with E-state index in [-0.39, 0.29) is 17.7 Å². The van der Waals surface area contributed by atoms with Crippen LogP contribution in [0, 0.1) is 17.2 Å². The molecule has 0 aromatic heterocycles. The maximum Gasteiger partial charge on any atom is 0.317 e. The minimum absolute atomic E-state index is 0.0334. The summed E-state index contributed by atoms with van der Waals surface area (Å²) in [6.07, 6.45) is 3.19. The molecule has 2 amide bonds. The largest absolute Gasteiger partial charge is 0.383 e. The molecule has 1 unspecified atom stereocenters. The maximum atomic E-state index is 12.8. The molecule has 0 bridgehead atoms. The van der Waals surface area contributed by atoms with E-state index >= 15 is 0 Å². The lowest BCUT2D eigenvalue weighted by Gasteiger charge is -2.45. The van der Waals surface area contributed by atoms with Crippen molar-refractivity contribution in [3.8, 4) is 6.07 Å². The SMILES string of the molecule is COCCNC(=O)N1CCN(c2cc(C3CC3)c3c(c2C#N)CC(C)(C)OC3)CC1C(C)C. The van der Waals surface area contributed by atoms with Crippen molar-refractivity contribution in [3.05, 3.63) is 28.3 Å². The second kappa shape index (κ2) is 9.52. The Morgan fingerprint density at radius 3 is 2.73 bits per heavy atom. The number of rotatable bonds is 6. The number of hydrogen-bond donors (Lipinski definition) is 1. The van der Waals surface area contributed by atoms with E-state index in [1.54, 1.807) is 7.11 Å². The molecule has 1 N–H and O–H groups in total. The molecule has 1 aliphatic carbocycles. The molecule has 0 radical (unpaired) electrons. The highest BCUT2D eigenvalue weighted by Gasteiger charge is 2.38. The number of ether oxygens (including phenoxy) is 2. The van der Waals surface area contributed by atoms with Crippen LogP contribution in [0.15, 0.2) is 6.07 Å². The highest BCUT2D eigenvalue weighted by Crippen LogP contribution is 2.47. The van der Waals surface area contributed by atoms with Gasteiger partial charge in [0.25, 0.3) is 0 Å². The molecule has 2 heterocycles. The van der Waals surface area contributed by atoms with Crippen LogP contribution in [-0.2, 0) is 22.5 Å². The number of nitrogens with one attached hydrogen (secondary N) is 1. The molecule has 180 valence electrons. The number of carbonyl (C=O) groups excluding carboxylic acids is 1. The summed E-state index contributed by atoms with van der Waals surface area (Å²) in [4.78, 5) is 17.1. The smallest absolute Gasteiger partial charge is 0.317 e. The first-order valence-corrected chi connectivity index (χ1v) is 12.3. The quantitative estimate of drug-likeness (QED) is 0.662. The third-order valence-electron chi connectivity index (χ3n) is 7.27. The van der Waals surface area contributed by atoms with E-state index in [1.165, 1.54) is 29.5 Å². The third kappa shape index (κ3) is 4.97. The number of nitriles is 1. The number of nitrogens with zero attached hydrogens (tertiary/aromatic N) is 3. The number of anilines is 1. The zero-order chi connectivity index (χ0) is 23.8. The Hall–Kier alpha value is -2.30. The fourth-order valence-corrected chi connectivity index (χ4v) is 5.24. The van der Waals surface area contributed by atoms with Gasteiger partial charge in [-0.25, -0.2) is 4.79 Å². The molecule has 0 spiro atoms. The summed E-state index contributed by atoms with van der Waals surface area (Å²) < 4.78 is 11.2. The number of amides is 2. The van der Waals surface area contributed by atoms with Crippen LogP contribution in [-0.4, -0.2) is 62.5 Å². The number of urea groups is 1. The molecule has 1 atom stereocenters. The highest BCUT2D eigenvalue weighted by molar-refractivity contribution is 5.75. The van der Waals surface area contributed by atoms with E-state index in [0.717, 1.165) is 30.8 Å². The zero-order valence-electron chi connectivity index (χ0n) is 20.7. The molecule has 2 fully saturated rings. The number of methoxy groups -OCH3 is 1. The fourth-order valence-electron chi connectivity index (χ4n) is 5.24. The van der Waals surface area contributed by atoms with Crippen LogP contribution in [0.3, 0.4) is 0 Å². The molecule has 1 aromatic rings. The van der Waals surface area contributed by atoms with Crippen LogP contribution in [0.25, 0.3) is 0 Å². The molecule has 2 aliphatic heterocycles. The van der Waals surface area contributed by atoms with Gasteiger partial charge in [0.2, 0.25) is 0 Å². The van der Waals surface area contributed by atoms with Gasteiger partial charge in [-0.2, -0.15) is 5.26 Å². The summed E-state index contributed by atoms with van der Waals surface area (Å²) in [6.45, 7) is 12.2. The lowest BCUT2D eigenvalue weighted by Crippen LogP contribution is -2.59. The van der Waals surface area contributed by atoms with Gasteiger partial charge in [0.15, 0.2) is 0 Å². The van der Waals surface area contributed by atoms with Gasteiger partial charge in [0, 0.05) is 39.7 Å². The van der Waals surface area contributed by atoms with Gasteiger partial charge >= 0.3 is 6.03 Å². The zero-order valence-corrected chi connectivity index (χ0v) is 20.7. The minimum atomic E-state index is -0.266. The summed E-state index contributed by atoms with van der Waals surface area (Å²) in [5, 5.41) is 13.2. The van der Waals surface area contributed by atoms with Crippen molar-refractivity contribution in [1.82, 2.24) is 10.2 Å². The molecular weight excluding hydrogens is 416 g/mol. The van der Waals surface area contributed by atoms with Gasteiger partial charge < -0.3 is 24.6 Å². The van der Waals surface area contributed by atoms with E-state index in [1.807, 2.05) is 4.90 Å². The predicted octanol–water partition coefficient (Wildman–Crippen LogP) is 3.79. The second-order valence-electron chi connectivity index (χ2n) is 10.6. The minimum Gasteiger partial charge on any atom is -0.383 e. The Bertz CT molecular complexity index is 932. The summed E-state index contributed by atoms with van der Waals surface area (Å²) in [7, 11) is 1.64. The number of piperazine rings is 1. The van der Waals surface area contributed by atoms with Crippen LogP contribution in [0.2, 0.25) is 0 Å². The van der Waals surface area contributed by atoms with Crippen LogP contribution < -0.4 is 10.2 Å². The van der Waals surface area contributed by atoms with Gasteiger partial charge in [-0.1, -0.05) is 13.8 Å². The van der Waals surface area contributed by atoms with Crippen molar-refractivity contribution in [2.75, 3.05) is 44.8 Å². The highest BCUT2D eigenvalue weighted by atomic mass is 16.5. The van der Waals surface area contributed by atoms with Crippen LogP contribution in [0.1, 0.15) is 68.7 Å². The van der Waals surface area contributed by atoms with Gasteiger partial charge in [0.05, 0.1) is 36.1 Å². The standard InChI is InChI=1S/C26H38N4O3/c1-17(2)24-15-29(9-10-30(24)25(31)28-8-11-32-5)23-12-19(18-6-7-18)22-16-33-26(3,4)13-20(22)21(23)14-27/h12,17-18,24H,6-11,13,15-16H2,1-5H3,(H,28,31). The fraction of sp³-hybridized carbons (Fsp3) is 0.692. The number of carbonyl (C=O) groups is 1. The number of fused-ring (bicyclic) bond motifs is 1. The predicted molar refractivity (Wildman–Crippen MR) is 129 cm³/mol. The lowest BCUT2D eigenvalue weighted by atomic mass is 9.83. The molecule has 7 heteroatoms. The Kier molecular flexibility index (Phi) is 6.88. The third-order valence-corrected chi connectivity index (χ3v) is 7.27. The lowest BCUT2D eigenvalue weighted by molar-refractivity contribution is -0.0405. The second-order valence-corrected chi connectivity index (χ2v) is 10.6. The molecule has 1 aromatic carbocycles. The number of benzene rings is 1. The van der Waals surface area contributed by atoms with Crippen molar-refractivity contribution in [2.24, 2.45) is 5.92 Å². The average Bonchev–Trinajstić information content (AvgIpc) is 3.62. The van der Waals surface area contributed by atoms with E-state index < -0.39 is 0 Å². The maximum absolute atomic E-state index is 12.8. The molecule has 33 heavy (non-hydrogen) atoms. The summed E-state index contributed by atoms with van der Waals surface area (Å²) >= 11 is 0. The van der Waals surface area contributed by atoms with Crippen LogP contribution in [0.4, 0.5) is 10.5 Å². The summed E-state index contributed by atoms with van der Waals surface area (Å²) in [6, 6.07) is 4.86. The first-order valence-electron chi connectivity index (χ1n) is 12.3. The first-order chi connectivity index (χ1) is 15.8. The Balaban J connectivity index is 1.65. The van der Waals surface area contributed by atoms with Crippen molar-refractivity contribution in [2.45, 2.75) is 71.1 Å². The first kappa shape index (κ1) is 23.8. The van der Waals surface area contributed by atoms with E-state index in [0.29, 0.717) is 38.1 Å². The molecule has 4 rings (SSSR count). The Labute approximate surface area is 198 Å². The van der Waals surface area contributed by atoms with Crippen LogP contribution in [0.5, 0.6) is 0 Å². The van der Waals surface area contributed by atoms with Gasteiger partial charge in [-0.15, -0.1) is 0 Å². The molecule has 1 saturated heterocycles. The van der Waals surface area contributed by atoms with Crippen molar-refractivity contribution in [3.63, 3.8) is 0 Å². The number of hydrogen-bond acceptors (Lipinski definition) is 5. The van der Waals surface area contributed by atoms with Crippen molar-refractivity contribution >= 4 is 11.7 Å². The average molecular weight is 455 g/mol. The van der Waals surface area contributed by atoms with Gasteiger partial charge in [-0.3, -0.25) is 0 Å². The van der Waals surface area contributed by atoms with Crippen molar-refractivity contribution in [1.29, 1.82) is 5.26 Å². The van der Waals surface area contributed by atoms with Gasteiger partial charge in [-0.05, 0) is 61.3 Å². The molecule has 7 nitrogen and oxygen atoms in total. The molecule has 3 aliphatic rings. The summed E-state index contributed by atoms with van der Waals surface area (Å²) in [5.74, 6) is 0.892. The Morgan fingerprint density at radius 1 is 1.33 bits per heavy atom.